The fourth-order valence-corrected chi connectivity index (χ4v) is 4.93. The molecule has 0 aliphatic heterocycles. The molecule has 0 spiro atoms. The van der Waals surface area contributed by atoms with Crippen molar-refractivity contribution in [2.24, 2.45) is 5.92 Å². The van der Waals surface area contributed by atoms with Gasteiger partial charge >= 0.3 is 5.97 Å². The van der Waals surface area contributed by atoms with Crippen LogP contribution in [0.15, 0.2) is 18.2 Å². The summed E-state index contributed by atoms with van der Waals surface area (Å²) in [6, 6.07) is 5.07. The van der Waals surface area contributed by atoms with Crippen LogP contribution in [0.5, 0.6) is 0 Å². The Bertz CT molecular complexity index is 898. The van der Waals surface area contributed by atoms with E-state index in [-0.39, 0.29) is 18.4 Å². The fourth-order valence-electron chi connectivity index (χ4n) is 3.22. The summed E-state index contributed by atoms with van der Waals surface area (Å²) in [5, 5.41) is 7.32. The van der Waals surface area contributed by atoms with Crippen molar-refractivity contribution < 1.29 is 14.3 Å². The van der Waals surface area contributed by atoms with Gasteiger partial charge in [-0.15, -0.1) is 11.3 Å². The Kier molecular flexibility index (Phi) is 6.86. The number of hydrogen-bond donors (Lipinski definition) is 2. The van der Waals surface area contributed by atoms with Gasteiger partial charge in [0.25, 0.3) is 0 Å². The molecule has 0 bridgehead atoms. The standard InChI is InChI=1S/C20H22Cl2N2O3S/c1-3-27-20(26)18-13-6-4-11(2)8-16(13)28-19(18)24-17(25)10-23-12-5-7-14(21)15(22)9-12/h5,7,9,11,23H,3-4,6,8,10H2,1-2H3,(H,24,25). The lowest BCUT2D eigenvalue weighted by molar-refractivity contribution is -0.114. The van der Waals surface area contributed by atoms with E-state index >= 15 is 0 Å². The molecular weight excluding hydrogens is 419 g/mol. The van der Waals surface area contributed by atoms with Crippen molar-refractivity contribution in [2.75, 3.05) is 23.8 Å². The Morgan fingerprint density at radius 3 is 2.79 bits per heavy atom. The van der Waals surface area contributed by atoms with Gasteiger partial charge in [-0.25, -0.2) is 4.79 Å². The van der Waals surface area contributed by atoms with Crippen molar-refractivity contribution in [3.63, 3.8) is 0 Å². The van der Waals surface area contributed by atoms with Crippen LogP contribution < -0.4 is 10.6 Å². The molecule has 150 valence electrons. The van der Waals surface area contributed by atoms with Crippen LogP contribution in [-0.2, 0) is 22.4 Å². The number of nitrogens with one attached hydrogen (secondary N) is 2. The number of ether oxygens (including phenoxy) is 1. The predicted molar refractivity (Wildman–Crippen MR) is 115 cm³/mol. The number of benzene rings is 1. The first kappa shape index (κ1) is 21.0. The molecule has 0 saturated heterocycles. The number of fused-ring (bicyclic) bond motifs is 1. The van der Waals surface area contributed by atoms with Crippen LogP contribution in [0, 0.1) is 5.92 Å². The molecule has 2 N–H and O–H groups in total. The Morgan fingerprint density at radius 2 is 2.07 bits per heavy atom. The summed E-state index contributed by atoms with van der Waals surface area (Å²) >= 11 is 13.4. The van der Waals surface area contributed by atoms with Gasteiger partial charge in [0.2, 0.25) is 5.91 Å². The number of halogens is 2. The van der Waals surface area contributed by atoms with Crippen molar-refractivity contribution in [2.45, 2.75) is 33.1 Å². The predicted octanol–water partition coefficient (Wildman–Crippen LogP) is 5.41. The number of esters is 1. The van der Waals surface area contributed by atoms with Crippen molar-refractivity contribution >= 4 is 57.1 Å². The van der Waals surface area contributed by atoms with Crippen LogP contribution in [0.4, 0.5) is 10.7 Å². The molecule has 0 saturated carbocycles. The van der Waals surface area contributed by atoms with E-state index < -0.39 is 0 Å². The zero-order valence-electron chi connectivity index (χ0n) is 15.7. The third kappa shape index (κ3) is 4.80. The van der Waals surface area contributed by atoms with E-state index in [1.807, 2.05) is 0 Å². The number of rotatable bonds is 6. The monoisotopic (exact) mass is 440 g/mol. The summed E-state index contributed by atoms with van der Waals surface area (Å²) in [6.45, 7) is 4.32. The van der Waals surface area contributed by atoms with Gasteiger partial charge in [-0.3, -0.25) is 4.79 Å². The molecule has 1 unspecified atom stereocenters. The fraction of sp³-hybridized carbons (Fsp3) is 0.400. The zero-order chi connectivity index (χ0) is 20.3. The molecule has 2 aromatic rings. The van der Waals surface area contributed by atoms with Gasteiger partial charge in [0.05, 0.1) is 28.8 Å². The largest absolute Gasteiger partial charge is 0.462 e. The minimum Gasteiger partial charge on any atom is -0.462 e. The molecular formula is C20H22Cl2N2O3S. The number of amides is 1. The van der Waals surface area contributed by atoms with Crippen LogP contribution in [-0.4, -0.2) is 25.0 Å². The summed E-state index contributed by atoms with van der Waals surface area (Å²) < 4.78 is 5.23. The third-order valence-electron chi connectivity index (χ3n) is 4.62. The number of carbonyl (C=O) groups excluding carboxylic acids is 2. The van der Waals surface area contributed by atoms with E-state index in [9.17, 15) is 9.59 Å². The lowest BCUT2D eigenvalue weighted by atomic mass is 9.88. The Labute approximate surface area is 178 Å². The molecule has 1 heterocycles. The smallest absolute Gasteiger partial charge is 0.341 e. The highest BCUT2D eigenvalue weighted by molar-refractivity contribution is 7.17. The second-order valence-corrected chi connectivity index (χ2v) is 8.73. The van der Waals surface area contributed by atoms with Crippen LogP contribution in [0.2, 0.25) is 10.0 Å². The van der Waals surface area contributed by atoms with Gasteiger partial charge in [-0.2, -0.15) is 0 Å². The molecule has 1 aromatic heterocycles. The number of thiophene rings is 1. The Morgan fingerprint density at radius 1 is 1.29 bits per heavy atom. The summed E-state index contributed by atoms with van der Waals surface area (Å²) in [7, 11) is 0. The van der Waals surface area contributed by atoms with E-state index in [0.717, 1.165) is 29.7 Å². The molecule has 1 aliphatic rings. The average molecular weight is 441 g/mol. The lowest BCUT2D eigenvalue weighted by Crippen LogP contribution is -2.22. The Balaban J connectivity index is 1.74. The van der Waals surface area contributed by atoms with Crippen molar-refractivity contribution in [3.05, 3.63) is 44.2 Å². The summed E-state index contributed by atoms with van der Waals surface area (Å²) in [6.07, 6.45) is 2.78. The van der Waals surface area contributed by atoms with Crippen molar-refractivity contribution in [1.82, 2.24) is 0 Å². The van der Waals surface area contributed by atoms with Gasteiger partial charge in [0.1, 0.15) is 5.00 Å². The van der Waals surface area contributed by atoms with E-state index in [4.69, 9.17) is 27.9 Å². The summed E-state index contributed by atoms with van der Waals surface area (Å²) in [5.74, 6) is -0.0494. The van der Waals surface area contributed by atoms with E-state index in [1.54, 1.807) is 25.1 Å². The number of hydrogen-bond acceptors (Lipinski definition) is 5. The molecule has 1 aromatic carbocycles. The normalized spacial score (nSPS) is 15.6. The first-order valence-electron chi connectivity index (χ1n) is 9.19. The maximum absolute atomic E-state index is 12.5. The molecule has 28 heavy (non-hydrogen) atoms. The van der Waals surface area contributed by atoms with E-state index in [2.05, 4.69) is 17.6 Å². The minimum absolute atomic E-state index is 0.0409. The van der Waals surface area contributed by atoms with Gasteiger partial charge in [-0.05, 0) is 55.9 Å². The third-order valence-corrected chi connectivity index (χ3v) is 6.53. The van der Waals surface area contributed by atoms with Crippen LogP contribution in [0.3, 0.4) is 0 Å². The molecule has 1 atom stereocenters. The average Bonchev–Trinajstić information content (AvgIpc) is 2.99. The molecule has 3 rings (SSSR count). The molecule has 0 radical (unpaired) electrons. The van der Waals surface area contributed by atoms with Crippen LogP contribution in [0.25, 0.3) is 0 Å². The van der Waals surface area contributed by atoms with Gasteiger partial charge < -0.3 is 15.4 Å². The maximum atomic E-state index is 12.5. The van der Waals surface area contributed by atoms with Crippen LogP contribution >= 0.6 is 34.5 Å². The molecule has 1 amide bonds. The lowest BCUT2D eigenvalue weighted by Gasteiger charge is -2.18. The van der Waals surface area contributed by atoms with Crippen molar-refractivity contribution in [1.29, 1.82) is 0 Å². The van der Waals surface area contributed by atoms with Crippen LogP contribution in [0.1, 0.15) is 41.1 Å². The van der Waals surface area contributed by atoms with Crippen molar-refractivity contribution in [3.8, 4) is 0 Å². The molecule has 5 nitrogen and oxygen atoms in total. The molecule has 1 aliphatic carbocycles. The quantitative estimate of drug-likeness (QED) is 0.589. The Hall–Kier alpha value is -1.76. The topological polar surface area (TPSA) is 67.4 Å². The molecule has 8 heteroatoms. The van der Waals surface area contributed by atoms with Gasteiger partial charge in [0, 0.05) is 10.6 Å². The minimum atomic E-state index is -0.373. The van der Waals surface area contributed by atoms with E-state index in [0.29, 0.717) is 38.8 Å². The van der Waals surface area contributed by atoms with Gasteiger partial charge in [-0.1, -0.05) is 30.1 Å². The highest BCUT2D eigenvalue weighted by Crippen LogP contribution is 2.40. The SMILES string of the molecule is CCOC(=O)c1c(NC(=O)CNc2ccc(Cl)c(Cl)c2)sc2c1CCC(C)C2. The summed E-state index contributed by atoms with van der Waals surface area (Å²) in [5.41, 5.74) is 2.22. The second-order valence-electron chi connectivity index (χ2n) is 6.81. The van der Waals surface area contributed by atoms with Gasteiger partial charge in [0.15, 0.2) is 0 Å². The second kappa shape index (κ2) is 9.16. The zero-order valence-corrected chi connectivity index (χ0v) is 18.1. The first-order valence-corrected chi connectivity index (χ1v) is 10.8. The number of anilines is 2. The first-order chi connectivity index (χ1) is 13.4. The highest BCUT2D eigenvalue weighted by atomic mass is 35.5. The van der Waals surface area contributed by atoms with E-state index in [1.165, 1.54) is 11.3 Å². The molecule has 0 fully saturated rings. The highest BCUT2D eigenvalue weighted by Gasteiger charge is 2.29. The number of carbonyl (C=O) groups is 2. The maximum Gasteiger partial charge on any atom is 0.341 e. The summed E-state index contributed by atoms with van der Waals surface area (Å²) in [4.78, 5) is 26.1.